The predicted octanol–water partition coefficient (Wildman–Crippen LogP) is 2.18. The van der Waals surface area contributed by atoms with Crippen molar-refractivity contribution in [1.29, 1.82) is 0 Å². The number of benzene rings is 1. The van der Waals surface area contributed by atoms with Gasteiger partial charge in [0.2, 0.25) is 0 Å². The molecule has 0 bridgehead atoms. The Kier molecular flexibility index (Phi) is 5.36. The summed E-state index contributed by atoms with van der Waals surface area (Å²) in [6.45, 7) is 3.64. The SMILES string of the molecule is COC(=O)NC(Cc1ccccc1)C(=O)C(C)C. The quantitative estimate of drug-likeness (QED) is 0.870. The highest BCUT2D eigenvalue weighted by Crippen LogP contribution is 2.08. The van der Waals surface area contributed by atoms with E-state index in [2.05, 4.69) is 10.1 Å². The number of nitrogens with one attached hydrogen (secondary N) is 1. The minimum Gasteiger partial charge on any atom is -0.453 e. The standard InChI is InChI=1S/C14H19NO3/c1-10(2)13(16)12(15-14(17)18-3)9-11-7-5-4-6-8-11/h4-8,10,12H,9H2,1-3H3,(H,15,17). The van der Waals surface area contributed by atoms with Crippen LogP contribution in [0.5, 0.6) is 0 Å². The molecule has 4 nitrogen and oxygen atoms in total. The van der Waals surface area contributed by atoms with Crippen LogP contribution in [0, 0.1) is 5.92 Å². The van der Waals surface area contributed by atoms with Crippen LogP contribution in [0.3, 0.4) is 0 Å². The second-order valence-corrected chi connectivity index (χ2v) is 4.44. The third-order valence-corrected chi connectivity index (χ3v) is 2.67. The molecule has 98 valence electrons. The summed E-state index contributed by atoms with van der Waals surface area (Å²) >= 11 is 0. The first kappa shape index (κ1) is 14.2. The third-order valence-electron chi connectivity index (χ3n) is 2.67. The van der Waals surface area contributed by atoms with Crippen LogP contribution in [0.25, 0.3) is 0 Å². The lowest BCUT2D eigenvalue weighted by atomic mass is 9.96. The molecule has 1 aromatic carbocycles. The molecule has 0 saturated heterocycles. The summed E-state index contributed by atoms with van der Waals surface area (Å²) in [4.78, 5) is 23.3. The van der Waals surface area contributed by atoms with Crippen molar-refractivity contribution in [3.8, 4) is 0 Å². The molecule has 0 aliphatic heterocycles. The summed E-state index contributed by atoms with van der Waals surface area (Å²) in [7, 11) is 1.29. The molecule has 1 N–H and O–H groups in total. The van der Waals surface area contributed by atoms with E-state index in [-0.39, 0.29) is 11.7 Å². The molecule has 1 unspecified atom stereocenters. The summed E-state index contributed by atoms with van der Waals surface area (Å²) in [5.74, 6) is -0.125. The summed E-state index contributed by atoms with van der Waals surface area (Å²) in [6, 6.07) is 9.05. The maximum atomic E-state index is 12.0. The minimum absolute atomic E-state index is 0.00394. The van der Waals surface area contributed by atoms with Crippen LogP contribution in [0.15, 0.2) is 30.3 Å². The smallest absolute Gasteiger partial charge is 0.407 e. The summed E-state index contributed by atoms with van der Waals surface area (Å²) in [5.41, 5.74) is 1.01. The lowest BCUT2D eigenvalue weighted by Gasteiger charge is -2.18. The largest absolute Gasteiger partial charge is 0.453 e. The predicted molar refractivity (Wildman–Crippen MR) is 69.3 cm³/mol. The van der Waals surface area contributed by atoms with Crippen molar-refractivity contribution in [1.82, 2.24) is 5.32 Å². The van der Waals surface area contributed by atoms with Gasteiger partial charge >= 0.3 is 6.09 Å². The van der Waals surface area contributed by atoms with Gasteiger partial charge in [-0.2, -0.15) is 0 Å². The molecule has 1 rings (SSSR count). The molecule has 0 saturated carbocycles. The van der Waals surface area contributed by atoms with Gasteiger partial charge < -0.3 is 10.1 Å². The Labute approximate surface area is 107 Å². The zero-order valence-corrected chi connectivity index (χ0v) is 11.0. The first-order valence-electron chi connectivity index (χ1n) is 5.96. The van der Waals surface area contributed by atoms with Crippen LogP contribution < -0.4 is 5.32 Å². The van der Waals surface area contributed by atoms with Gasteiger partial charge in [0.05, 0.1) is 13.2 Å². The van der Waals surface area contributed by atoms with Gasteiger partial charge in [-0.15, -0.1) is 0 Å². The van der Waals surface area contributed by atoms with Gasteiger partial charge in [0.1, 0.15) is 0 Å². The fraction of sp³-hybridized carbons (Fsp3) is 0.429. The number of methoxy groups -OCH3 is 1. The summed E-state index contributed by atoms with van der Waals surface area (Å²) < 4.78 is 4.55. The maximum absolute atomic E-state index is 12.0. The molecule has 1 aromatic rings. The fourth-order valence-electron chi connectivity index (χ4n) is 1.68. The zero-order valence-electron chi connectivity index (χ0n) is 11.0. The highest BCUT2D eigenvalue weighted by molar-refractivity contribution is 5.89. The molecule has 0 aliphatic carbocycles. The summed E-state index contributed by atoms with van der Waals surface area (Å²) in [6.07, 6.45) is -0.0996. The molecule has 0 aromatic heterocycles. The Balaban J connectivity index is 2.77. The van der Waals surface area contributed by atoms with E-state index in [1.165, 1.54) is 7.11 Å². The number of ketones is 1. The normalized spacial score (nSPS) is 12.0. The number of alkyl carbamates (subject to hydrolysis) is 1. The number of carbonyl (C=O) groups is 2. The third kappa shape index (κ3) is 4.20. The number of ether oxygens (including phenoxy) is 1. The van der Waals surface area contributed by atoms with E-state index in [0.29, 0.717) is 6.42 Å². The van der Waals surface area contributed by atoms with E-state index in [9.17, 15) is 9.59 Å². The molecular weight excluding hydrogens is 230 g/mol. The van der Waals surface area contributed by atoms with Crippen LogP contribution in [0.1, 0.15) is 19.4 Å². The number of hydrogen-bond acceptors (Lipinski definition) is 3. The van der Waals surface area contributed by atoms with E-state index in [0.717, 1.165) is 5.56 Å². The van der Waals surface area contributed by atoms with Gasteiger partial charge in [-0.05, 0) is 12.0 Å². The van der Waals surface area contributed by atoms with Crippen LogP contribution in [-0.2, 0) is 16.0 Å². The molecule has 0 fully saturated rings. The lowest BCUT2D eigenvalue weighted by Crippen LogP contribution is -2.44. The van der Waals surface area contributed by atoms with Crippen molar-refractivity contribution < 1.29 is 14.3 Å². The molecule has 0 radical (unpaired) electrons. The first-order chi connectivity index (χ1) is 8.54. The van der Waals surface area contributed by atoms with Crippen molar-refractivity contribution in [2.45, 2.75) is 26.3 Å². The van der Waals surface area contributed by atoms with E-state index < -0.39 is 12.1 Å². The Morgan fingerprint density at radius 3 is 2.33 bits per heavy atom. The molecule has 18 heavy (non-hydrogen) atoms. The Morgan fingerprint density at radius 1 is 1.22 bits per heavy atom. The van der Waals surface area contributed by atoms with Gasteiger partial charge in [0, 0.05) is 5.92 Å². The first-order valence-corrected chi connectivity index (χ1v) is 5.96. The average Bonchev–Trinajstić information content (AvgIpc) is 2.38. The van der Waals surface area contributed by atoms with Gasteiger partial charge in [0.15, 0.2) is 5.78 Å². The molecular formula is C14H19NO3. The van der Waals surface area contributed by atoms with Crippen molar-refractivity contribution >= 4 is 11.9 Å². The van der Waals surface area contributed by atoms with Crippen LogP contribution in [0.4, 0.5) is 4.79 Å². The number of Topliss-reactive ketones (excluding diaryl/α,β-unsaturated/α-hetero) is 1. The molecule has 1 atom stereocenters. The second kappa shape index (κ2) is 6.79. The lowest BCUT2D eigenvalue weighted by molar-refractivity contribution is -0.123. The van der Waals surface area contributed by atoms with Crippen LogP contribution in [0.2, 0.25) is 0 Å². The summed E-state index contributed by atoms with van der Waals surface area (Å²) in [5, 5.41) is 2.59. The number of amides is 1. The van der Waals surface area contributed by atoms with Crippen molar-refractivity contribution in [3.05, 3.63) is 35.9 Å². The Morgan fingerprint density at radius 2 is 1.83 bits per heavy atom. The highest BCUT2D eigenvalue weighted by Gasteiger charge is 2.23. The molecule has 0 aliphatic rings. The van der Waals surface area contributed by atoms with Crippen LogP contribution >= 0.6 is 0 Å². The minimum atomic E-state index is -0.579. The number of carbonyl (C=O) groups excluding carboxylic acids is 2. The van der Waals surface area contributed by atoms with Crippen molar-refractivity contribution in [2.75, 3.05) is 7.11 Å². The zero-order chi connectivity index (χ0) is 13.5. The topological polar surface area (TPSA) is 55.4 Å². The monoisotopic (exact) mass is 249 g/mol. The van der Waals surface area contributed by atoms with Gasteiger partial charge in [0.25, 0.3) is 0 Å². The molecule has 1 amide bonds. The molecule has 4 heteroatoms. The molecule has 0 spiro atoms. The Bertz CT molecular complexity index is 401. The Hall–Kier alpha value is -1.84. The van der Waals surface area contributed by atoms with Gasteiger partial charge in [-0.1, -0.05) is 44.2 Å². The van der Waals surface area contributed by atoms with Gasteiger partial charge in [-0.3, -0.25) is 4.79 Å². The van der Waals surface area contributed by atoms with Crippen molar-refractivity contribution in [3.63, 3.8) is 0 Å². The second-order valence-electron chi connectivity index (χ2n) is 4.44. The highest BCUT2D eigenvalue weighted by atomic mass is 16.5. The van der Waals surface area contributed by atoms with E-state index in [1.807, 2.05) is 44.2 Å². The van der Waals surface area contributed by atoms with Crippen molar-refractivity contribution in [2.24, 2.45) is 5.92 Å². The molecule has 0 heterocycles. The number of rotatable bonds is 5. The van der Waals surface area contributed by atoms with E-state index in [4.69, 9.17) is 0 Å². The van der Waals surface area contributed by atoms with Gasteiger partial charge in [-0.25, -0.2) is 4.79 Å². The number of hydrogen-bond donors (Lipinski definition) is 1. The van der Waals surface area contributed by atoms with E-state index >= 15 is 0 Å². The average molecular weight is 249 g/mol. The van der Waals surface area contributed by atoms with Crippen LogP contribution in [-0.4, -0.2) is 25.0 Å². The maximum Gasteiger partial charge on any atom is 0.407 e. The van der Waals surface area contributed by atoms with E-state index in [1.54, 1.807) is 0 Å². The fourth-order valence-corrected chi connectivity index (χ4v) is 1.68.